The molecule has 3 rings (SSSR count). The fraction of sp³-hybridized carbons (Fsp3) is 0.0526. The predicted octanol–water partition coefficient (Wildman–Crippen LogP) is 3.26. The van der Waals surface area contributed by atoms with Crippen LogP contribution in [0.3, 0.4) is 0 Å². The first kappa shape index (κ1) is 20.1. The number of halogens is 2. The van der Waals surface area contributed by atoms with Gasteiger partial charge in [0.2, 0.25) is 0 Å². The Labute approximate surface area is 170 Å². The van der Waals surface area contributed by atoms with Crippen LogP contribution < -0.4 is 10.7 Å². The highest BCUT2D eigenvalue weighted by atomic mass is 32.1. The molecule has 7 nitrogen and oxygen atoms in total. The first-order valence-electron chi connectivity index (χ1n) is 8.26. The van der Waals surface area contributed by atoms with Gasteiger partial charge in [-0.1, -0.05) is 18.2 Å². The SMILES string of the molecule is COC(=O)c1cnn(-c2ccc(F)cc2F)c1/C=N\NC(=S)Nc1ccccc1. The Hall–Kier alpha value is -3.66. The van der Waals surface area contributed by atoms with Crippen molar-refractivity contribution in [2.45, 2.75) is 0 Å². The van der Waals surface area contributed by atoms with Crippen LogP contribution in [0.4, 0.5) is 14.5 Å². The number of hydrazone groups is 1. The van der Waals surface area contributed by atoms with Gasteiger partial charge in [0, 0.05) is 11.8 Å². The molecule has 0 aliphatic rings. The minimum absolute atomic E-state index is 0.0451. The van der Waals surface area contributed by atoms with Crippen molar-refractivity contribution < 1.29 is 18.3 Å². The molecule has 0 atom stereocenters. The summed E-state index contributed by atoms with van der Waals surface area (Å²) in [5.41, 5.74) is 3.46. The zero-order chi connectivity index (χ0) is 20.8. The number of nitrogens with zero attached hydrogens (tertiary/aromatic N) is 3. The second-order valence-electron chi connectivity index (χ2n) is 5.63. The Bertz CT molecular complexity index is 1070. The van der Waals surface area contributed by atoms with E-state index < -0.39 is 17.6 Å². The molecule has 0 amide bonds. The molecule has 148 valence electrons. The third-order valence-electron chi connectivity index (χ3n) is 3.73. The predicted molar refractivity (Wildman–Crippen MR) is 108 cm³/mol. The Morgan fingerprint density at radius 1 is 1.24 bits per heavy atom. The van der Waals surface area contributed by atoms with Crippen LogP contribution in [-0.4, -0.2) is 34.2 Å². The van der Waals surface area contributed by atoms with Crippen LogP contribution in [0.25, 0.3) is 5.69 Å². The van der Waals surface area contributed by atoms with Gasteiger partial charge in [0.25, 0.3) is 0 Å². The van der Waals surface area contributed by atoms with Gasteiger partial charge < -0.3 is 10.1 Å². The van der Waals surface area contributed by atoms with Crippen molar-refractivity contribution in [1.82, 2.24) is 15.2 Å². The Kier molecular flexibility index (Phi) is 6.25. The smallest absolute Gasteiger partial charge is 0.341 e. The van der Waals surface area contributed by atoms with Gasteiger partial charge in [-0.05, 0) is 36.5 Å². The average molecular weight is 415 g/mol. The molecule has 2 N–H and O–H groups in total. The lowest BCUT2D eigenvalue weighted by Crippen LogP contribution is -2.24. The number of benzene rings is 2. The highest BCUT2D eigenvalue weighted by molar-refractivity contribution is 7.80. The molecule has 2 aromatic carbocycles. The fourth-order valence-corrected chi connectivity index (χ4v) is 2.60. The number of esters is 1. The summed E-state index contributed by atoms with van der Waals surface area (Å²) in [5.74, 6) is -2.28. The minimum Gasteiger partial charge on any atom is -0.465 e. The van der Waals surface area contributed by atoms with E-state index in [1.165, 1.54) is 25.6 Å². The maximum absolute atomic E-state index is 14.2. The molecule has 0 aliphatic heterocycles. The van der Waals surface area contributed by atoms with Crippen molar-refractivity contribution in [3.8, 4) is 5.69 Å². The zero-order valence-electron chi connectivity index (χ0n) is 15.1. The molecule has 29 heavy (non-hydrogen) atoms. The van der Waals surface area contributed by atoms with E-state index in [4.69, 9.17) is 17.0 Å². The number of para-hydroxylation sites is 1. The molecule has 0 saturated heterocycles. The Morgan fingerprint density at radius 2 is 2.00 bits per heavy atom. The van der Waals surface area contributed by atoms with E-state index in [1.807, 2.05) is 30.3 Å². The first-order chi connectivity index (χ1) is 14.0. The molecule has 0 bridgehead atoms. The summed E-state index contributed by atoms with van der Waals surface area (Å²) in [6.07, 6.45) is 2.44. The molecule has 0 aliphatic carbocycles. The van der Waals surface area contributed by atoms with Crippen molar-refractivity contribution in [2.24, 2.45) is 5.10 Å². The van der Waals surface area contributed by atoms with E-state index in [0.717, 1.165) is 16.4 Å². The number of rotatable bonds is 5. The number of carbonyl (C=O) groups excluding carboxylic acids is 1. The molecule has 10 heteroatoms. The summed E-state index contributed by atoms with van der Waals surface area (Å²) >= 11 is 5.15. The Balaban J connectivity index is 1.86. The van der Waals surface area contributed by atoms with Gasteiger partial charge in [-0.15, -0.1) is 0 Å². The fourth-order valence-electron chi connectivity index (χ4n) is 2.43. The number of hydrogen-bond donors (Lipinski definition) is 2. The summed E-state index contributed by atoms with van der Waals surface area (Å²) in [4.78, 5) is 12.0. The number of hydrogen-bond acceptors (Lipinski definition) is 5. The average Bonchev–Trinajstić information content (AvgIpc) is 3.11. The van der Waals surface area contributed by atoms with Crippen LogP contribution in [0, 0.1) is 11.6 Å². The lowest BCUT2D eigenvalue weighted by molar-refractivity contribution is 0.0600. The van der Waals surface area contributed by atoms with E-state index in [0.29, 0.717) is 6.07 Å². The van der Waals surface area contributed by atoms with Crippen LogP contribution in [0.15, 0.2) is 59.8 Å². The molecule has 1 heterocycles. The number of anilines is 1. The van der Waals surface area contributed by atoms with Crippen molar-refractivity contribution in [1.29, 1.82) is 0 Å². The maximum Gasteiger partial charge on any atom is 0.341 e. The molecule has 1 aromatic heterocycles. The minimum atomic E-state index is -0.853. The maximum atomic E-state index is 14.2. The molecule has 0 saturated carbocycles. The summed E-state index contributed by atoms with van der Waals surface area (Å²) in [6, 6.07) is 12.2. The number of aromatic nitrogens is 2. The van der Waals surface area contributed by atoms with Gasteiger partial charge in [-0.25, -0.2) is 18.3 Å². The quantitative estimate of drug-likeness (QED) is 0.288. The van der Waals surface area contributed by atoms with Crippen molar-refractivity contribution in [2.75, 3.05) is 12.4 Å². The van der Waals surface area contributed by atoms with Gasteiger partial charge >= 0.3 is 5.97 Å². The van der Waals surface area contributed by atoms with E-state index in [1.54, 1.807) is 0 Å². The monoisotopic (exact) mass is 415 g/mol. The standard InChI is InChI=1S/C19H15F2N5O2S/c1-28-18(27)14-10-23-26(16-8-7-12(20)9-15(16)21)17(14)11-22-25-19(29)24-13-5-3-2-4-6-13/h2-11H,1H3,(H2,24,25,29)/b22-11-. The second kappa shape index (κ2) is 9.02. The first-order valence-corrected chi connectivity index (χ1v) is 8.67. The second-order valence-corrected chi connectivity index (χ2v) is 6.04. The van der Waals surface area contributed by atoms with Crippen LogP contribution in [0.5, 0.6) is 0 Å². The molecule has 0 fully saturated rings. The van der Waals surface area contributed by atoms with Crippen LogP contribution >= 0.6 is 12.2 Å². The van der Waals surface area contributed by atoms with Crippen molar-refractivity contribution >= 4 is 35.2 Å². The van der Waals surface area contributed by atoms with Crippen molar-refractivity contribution in [3.05, 3.63) is 77.6 Å². The summed E-state index contributed by atoms with van der Waals surface area (Å²) < 4.78 is 33.2. The summed E-state index contributed by atoms with van der Waals surface area (Å²) in [7, 11) is 1.20. The summed E-state index contributed by atoms with van der Waals surface area (Å²) in [5, 5.41) is 11.1. The molecular formula is C19H15F2N5O2S. The van der Waals surface area contributed by atoms with Gasteiger partial charge in [0.05, 0.1) is 19.5 Å². The third kappa shape index (κ3) is 4.79. The summed E-state index contributed by atoms with van der Waals surface area (Å²) in [6.45, 7) is 0. The van der Waals surface area contributed by atoms with Crippen LogP contribution in [-0.2, 0) is 4.74 Å². The lowest BCUT2D eigenvalue weighted by atomic mass is 10.2. The largest absolute Gasteiger partial charge is 0.465 e. The highest BCUT2D eigenvalue weighted by Crippen LogP contribution is 2.18. The normalized spacial score (nSPS) is 10.7. The van der Waals surface area contributed by atoms with Crippen LogP contribution in [0.1, 0.15) is 16.1 Å². The number of methoxy groups -OCH3 is 1. The molecule has 0 unspecified atom stereocenters. The van der Waals surface area contributed by atoms with E-state index in [2.05, 4.69) is 20.9 Å². The molecule has 0 spiro atoms. The van der Waals surface area contributed by atoms with Crippen molar-refractivity contribution in [3.63, 3.8) is 0 Å². The molecular weight excluding hydrogens is 400 g/mol. The van der Waals surface area contributed by atoms with Crippen LogP contribution in [0.2, 0.25) is 0 Å². The molecule has 0 radical (unpaired) electrons. The molecule has 3 aromatic rings. The Morgan fingerprint density at radius 3 is 2.69 bits per heavy atom. The lowest BCUT2D eigenvalue weighted by Gasteiger charge is -2.08. The zero-order valence-corrected chi connectivity index (χ0v) is 15.9. The van der Waals surface area contributed by atoms with Gasteiger partial charge in [-0.2, -0.15) is 10.2 Å². The van der Waals surface area contributed by atoms with Gasteiger partial charge in [-0.3, -0.25) is 5.43 Å². The van der Waals surface area contributed by atoms with E-state index >= 15 is 0 Å². The number of thiocarbonyl (C=S) groups is 1. The van der Waals surface area contributed by atoms with Gasteiger partial charge in [0.15, 0.2) is 10.9 Å². The van der Waals surface area contributed by atoms with E-state index in [-0.39, 0.29) is 22.1 Å². The van der Waals surface area contributed by atoms with Gasteiger partial charge in [0.1, 0.15) is 22.8 Å². The highest BCUT2D eigenvalue weighted by Gasteiger charge is 2.19. The number of carbonyl (C=O) groups is 1. The number of nitrogens with one attached hydrogen (secondary N) is 2. The van der Waals surface area contributed by atoms with E-state index in [9.17, 15) is 13.6 Å². The third-order valence-corrected chi connectivity index (χ3v) is 3.93. The number of ether oxygens (including phenoxy) is 1. The topological polar surface area (TPSA) is 80.5 Å².